The van der Waals surface area contributed by atoms with Crippen molar-refractivity contribution >= 4 is 11.8 Å². The first-order chi connectivity index (χ1) is 8.86. The summed E-state index contributed by atoms with van der Waals surface area (Å²) in [7, 11) is 0. The highest BCUT2D eigenvalue weighted by molar-refractivity contribution is 7.99. The second-order valence-electron chi connectivity index (χ2n) is 4.29. The van der Waals surface area contributed by atoms with Crippen LogP contribution in [0.4, 0.5) is 0 Å². The normalized spacial score (nSPS) is 11.1. The van der Waals surface area contributed by atoms with Gasteiger partial charge in [0.15, 0.2) is 0 Å². The number of rotatable bonds is 10. The largest absolute Gasteiger partial charge is 0.315 e. The van der Waals surface area contributed by atoms with Crippen LogP contribution in [0.3, 0.4) is 0 Å². The van der Waals surface area contributed by atoms with Gasteiger partial charge in [0.1, 0.15) is 0 Å². The van der Waals surface area contributed by atoms with E-state index in [-0.39, 0.29) is 0 Å². The van der Waals surface area contributed by atoms with E-state index in [1.165, 1.54) is 23.6 Å². The van der Waals surface area contributed by atoms with Crippen LogP contribution >= 0.6 is 11.8 Å². The van der Waals surface area contributed by atoms with Gasteiger partial charge in [-0.1, -0.05) is 32.0 Å². The molecule has 0 saturated heterocycles. The zero-order valence-corrected chi connectivity index (χ0v) is 12.5. The van der Waals surface area contributed by atoms with E-state index >= 15 is 0 Å². The molecule has 0 amide bonds. The number of likely N-dealkylation sites (N-methyl/N-ethyl adjacent to an activating group) is 1. The molecule has 1 aromatic rings. The molecule has 0 unspecified atom stereocenters. The van der Waals surface area contributed by atoms with Gasteiger partial charge in [0.2, 0.25) is 0 Å². The number of benzene rings is 1. The molecule has 0 aliphatic heterocycles. The van der Waals surface area contributed by atoms with Crippen LogP contribution < -0.4 is 5.32 Å². The zero-order chi connectivity index (χ0) is 13.1. The molecule has 3 heteroatoms. The highest BCUT2D eigenvalue weighted by atomic mass is 32.2. The Bertz CT molecular complexity index is 286. The minimum Gasteiger partial charge on any atom is -0.315 e. The number of thioether (sulfide) groups is 1. The van der Waals surface area contributed by atoms with Crippen LogP contribution in [-0.2, 0) is 0 Å². The first kappa shape index (κ1) is 15.5. The predicted molar refractivity (Wildman–Crippen MR) is 82.4 cm³/mol. The van der Waals surface area contributed by atoms with Crippen LogP contribution in [0.25, 0.3) is 0 Å². The van der Waals surface area contributed by atoms with Crippen LogP contribution in [-0.4, -0.2) is 43.4 Å². The van der Waals surface area contributed by atoms with E-state index in [1.807, 2.05) is 11.8 Å². The quantitative estimate of drug-likeness (QED) is 0.517. The fourth-order valence-electron chi connectivity index (χ4n) is 1.81. The van der Waals surface area contributed by atoms with Crippen molar-refractivity contribution in [3.8, 4) is 0 Å². The Morgan fingerprint density at radius 1 is 1.06 bits per heavy atom. The summed E-state index contributed by atoms with van der Waals surface area (Å²) in [6.45, 7) is 10.2. The van der Waals surface area contributed by atoms with Crippen LogP contribution in [0.5, 0.6) is 0 Å². The highest BCUT2D eigenvalue weighted by Gasteiger charge is 1.97. The average molecular weight is 266 g/mol. The Labute approximate surface area is 116 Å². The molecule has 1 aromatic carbocycles. The van der Waals surface area contributed by atoms with Crippen molar-refractivity contribution in [2.24, 2.45) is 0 Å². The third-order valence-corrected chi connectivity index (χ3v) is 4.11. The lowest BCUT2D eigenvalue weighted by Gasteiger charge is -2.17. The van der Waals surface area contributed by atoms with E-state index in [1.54, 1.807) is 0 Å². The summed E-state index contributed by atoms with van der Waals surface area (Å²) in [4.78, 5) is 3.83. The molecule has 0 heterocycles. The van der Waals surface area contributed by atoms with Crippen LogP contribution in [0.1, 0.15) is 20.3 Å². The lowest BCUT2D eigenvalue weighted by Crippen LogP contribution is -2.32. The van der Waals surface area contributed by atoms with Crippen LogP contribution in [0.2, 0.25) is 0 Å². The summed E-state index contributed by atoms with van der Waals surface area (Å²) in [5.41, 5.74) is 0. The maximum absolute atomic E-state index is 3.52. The molecule has 0 fully saturated rings. The number of hydrogen-bond acceptors (Lipinski definition) is 3. The predicted octanol–water partition coefficient (Wildman–Crippen LogP) is 3.10. The lowest BCUT2D eigenvalue weighted by atomic mass is 10.4. The smallest absolute Gasteiger partial charge is 0.0107 e. The Hall–Kier alpha value is -0.510. The number of hydrogen-bond donors (Lipinski definition) is 1. The number of nitrogens with one attached hydrogen (secondary N) is 1. The molecule has 0 aromatic heterocycles. The van der Waals surface area contributed by atoms with Gasteiger partial charge >= 0.3 is 0 Å². The second-order valence-corrected chi connectivity index (χ2v) is 5.46. The molecule has 18 heavy (non-hydrogen) atoms. The van der Waals surface area contributed by atoms with E-state index in [0.29, 0.717) is 0 Å². The van der Waals surface area contributed by atoms with E-state index < -0.39 is 0 Å². The zero-order valence-electron chi connectivity index (χ0n) is 11.7. The van der Waals surface area contributed by atoms with Gasteiger partial charge in [-0.3, -0.25) is 0 Å². The molecule has 1 N–H and O–H groups in total. The van der Waals surface area contributed by atoms with Crippen LogP contribution in [0.15, 0.2) is 35.2 Å². The molecule has 2 nitrogen and oxygen atoms in total. The van der Waals surface area contributed by atoms with Gasteiger partial charge in [-0.15, -0.1) is 11.8 Å². The third kappa shape index (κ3) is 7.04. The van der Waals surface area contributed by atoms with E-state index in [0.717, 1.165) is 26.2 Å². The molecule has 0 atom stereocenters. The molecule has 0 aliphatic carbocycles. The topological polar surface area (TPSA) is 15.3 Å². The summed E-state index contributed by atoms with van der Waals surface area (Å²) in [6, 6.07) is 10.6. The fourth-order valence-corrected chi connectivity index (χ4v) is 2.68. The van der Waals surface area contributed by atoms with Gasteiger partial charge < -0.3 is 10.2 Å². The summed E-state index contributed by atoms with van der Waals surface area (Å²) in [5, 5.41) is 3.52. The minimum atomic E-state index is 1.11. The molecular weight excluding hydrogens is 240 g/mol. The molecule has 102 valence electrons. The van der Waals surface area contributed by atoms with Gasteiger partial charge in [0, 0.05) is 18.0 Å². The molecule has 0 bridgehead atoms. The van der Waals surface area contributed by atoms with Crippen molar-refractivity contribution in [3.05, 3.63) is 30.3 Å². The fraction of sp³-hybridized carbons (Fsp3) is 0.600. The van der Waals surface area contributed by atoms with Crippen molar-refractivity contribution in [2.75, 3.05) is 38.5 Å². The van der Waals surface area contributed by atoms with Crippen molar-refractivity contribution in [1.29, 1.82) is 0 Å². The van der Waals surface area contributed by atoms with Gasteiger partial charge in [-0.05, 0) is 43.9 Å². The Morgan fingerprint density at radius 2 is 1.78 bits per heavy atom. The van der Waals surface area contributed by atoms with Gasteiger partial charge in [-0.2, -0.15) is 0 Å². The van der Waals surface area contributed by atoms with E-state index in [2.05, 4.69) is 54.4 Å². The maximum atomic E-state index is 3.52. The molecule has 0 spiro atoms. The van der Waals surface area contributed by atoms with Crippen molar-refractivity contribution in [2.45, 2.75) is 25.2 Å². The highest BCUT2D eigenvalue weighted by Crippen LogP contribution is 2.17. The number of nitrogens with zero attached hydrogens (tertiary/aromatic N) is 1. The van der Waals surface area contributed by atoms with Gasteiger partial charge in [0.25, 0.3) is 0 Å². The molecule has 1 rings (SSSR count). The molecule has 0 aliphatic rings. The Balaban J connectivity index is 1.93. The third-order valence-electron chi connectivity index (χ3n) is 3.01. The maximum Gasteiger partial charge on any atom is 0.0107 e. The summed E-state index contributed by atoms with van der Waals surface area (Å²) in [6.07, 6.45) is 1.23. The lowest BCUT2D eigenvalue weighted by molar-refractivity contribution is 0.302. The Morgan fingerprint density at radius 3 is 2.44 bits per heavy atom. The summed E-state index contributed by atoms with van der Waals surface area (Å²) < 4.78 is 0. The monoisotopic (exact) mass is 266 g/mol. The first-order valence-electron chi connectivity index (χ1n) is 6.97. The van der Waals surface area contributed by atoms with Crippen molar-refractivity contribution < 1.29 is 0 Å². The van der Waals surface area contributed by atoms with E-state index in [9.17, 15) is 0 Å². The van der Waals surface area contributed by atoms with Crippen LogP contribution in [0, 0.1) is 0 Å². The molecule has 0 saturated carbocycles. The summed E-state index contributed by atoms with van der Waals surface area (Å²) >= 11 is 1.94. The SMILES string of the molecule is CCN(CC)CCNCCCSc1ccccc1. The first-order valence-corrected chi connectivity index (χ1v) is 7.96. The van der Waals surface area contributed by atoms with Crippen molar-refractivity contribution in [1.82, 2.24) is 10.2 Å². The molecular formula is C15H26N2S. The van der Waals surface area contributed by atoms with E-state index in [4.69, 9.17) is 0 Å². The average Bonchev–Trinajstić information content (AvgIpc) is 2.43. The molecule has 0 radical (unpaired) electrons. The van der Waals surface area contributed by atoms with Gasteiger partial charge in [-0.25, -0.2) is 0 Å². The standard InChI is InChI=1S/C15H26N2S/c1-3-17(4-2)13-12-16-11-8-14-18-15-9-6-5-7-10-15/h5-7,9-10,16H,3-4,8,11-14H2,1-2H3. The summed E-state index contributed by atoms with van der Waals surface area (Å²) in [5.74, 6) is 1.20. The van der Waals surface area contributed by atoms with Gasteiger partial charge in [0.05, 0.1) is 0 Å². The van der Waals surface area contributed by atoms with Crippen molar-refractivity contribution in [3.63, 3.8) is 0 Å². The minimum absolute atomic E-state index is 1.11. The second kappa shape index (κ2) is 10.4. The Kier molecular flexibility index (Phi) is 9.00.